The van der Waals surface area contributed by atoms with Crippen LogP contribution in [0.4, 0.5) is 0 Å². The first kappa shape index (κ1) is 14.0. The smallest absolute Gasteiger partial charge is 0.326 e. The maximum absolute atomic E-state index is 11.9. The summed E-state index contributed by atoms with van der Waals surface area (Å²) in [5.74, 6) is -0.892. The molecule has 1 fully saturated rings. The highest BCUT2D eigenvalue weighted by atomic mass is 16.4. The fourth-order valence-corrected chi connectivity index (χ4v) is 2.04. The van der Waals surface area contributed by atoms with Crippen LogP contribution in [0.25, 0.3) is 0 Å². The van der Waals surface area contributed by atoms with E-state index in [2.05, 4.69) is 10.6 Å². The Morgan fingerprint density at radius 2 is 2.12 bits per heavy atom. The quantitative estimate of drug-likeness (QED) is 0.664. The molecule has 0 bridgehead atoms. The second kappa shape index (κ2) is 6.59. The molecular weight excluding hydrogens is 220 g/mol. The van der Waals surface area contributed by atoms with Crippen LogP contribution in [0.3, 0.4) is 0 Å². The number of rotatable bonds is 5. The minimum atomic E-state index is -0.956. The van der Waals surface area contributed by atoms with Crippen molar-refractivity contribution in [2.75, 3.05) is 6.54 Å². The van der Waals surface area contributed by atoms with Crippen molar-refractivity contribution >= 4 is 11.9 Å². The van der Waals surface area contributed by atoms with Crippen molar-refractivity contribution in [2.45, 2.75) is 51.6 Å². The van der Waals surface area contributed by atoms with Crippen LogP contribution >= 0.6 is 0 Å². The number of amides is 1. The van der Waals surface area contributed by atoms with E-state index in [1.807, 2.05) is 13.8 Å². The van der Waals surface area contributed by atoms with Gasteiger partial charge in [-0.1, -0.05) is 20.3 Å². The molecule has 1 aliphatic heterocycles. The van der Waals surface area contributed by atoms with Crippen molar-refractivity contribution in [2.24, 2.45) is 5.92 Å². The van der Waals surface area contributed by atoms with Crippen molar-refractivity contribution < 1.29 is 14.7 Å². The molecule has 3 N–H and O–H groups in total. The summed E-state index contributed by atoms with van der Waals surface area (Å²) in [6, 6.07) is -0.996. The van der Waals surface area contributed by atoms with Gasteiger partial charge < -0.3 is 15.7 Å². The standard InChI is InChI=1S/C12H22N2O3/c1-8(2)7-10(12(16)17)14-11(15)9-5-3-4-6-13-9/h8-10,13H,3-7H2,1-2H3,(H,14,15)(H,16,17)/t9-,10?/m1/s1. The first-order valence-electron chi connectivity index (χ1n) is 6.27. The number of piperidine rings is 1. The zero-order valence-corrected chi connectivity index (χ0v) is 10.5. The van der Waals surface area contributed by atoms with Crippen LogP contribution in [0.5, 0.6) is 0 Å². The van der Waals surface area contributed by atoms with Crippen LogP contribution in [-0.4, -0.2) is 35.6 Å². The Morgan fingerprint density at radius 1 is 1.41 bits per heavy atom. The third-order valence-electron chi connectivity index (χ3n) is 2.95. The summed E-state index contributed by atoms with van der Waals surface area (Å²) < 4.78 is 0. The third kappa shape index (κ3) is 4.73. The lowest BCUT2D eigenvalue weighted by Gasteiger charge is -2.25. The van der Waals surface area contributed by atoms with Crippen LogP contribution in [0.2, 0.25) is 0 Å². The molecule has 5 nitrogen and oxygen atoms in total. The highest BCUT2D eigenvalue weighted by Crippen LogP contribution is 2.09. The van der Waals surface area contributed by atoms with Crippen LogP contribution in [0.15, 0.2) is 0 Å². The highest BCUT2D eigenvalue weighted by Gasteiger charge is 2.26. The molecule has 1 aliphatic rings. The molecule has 1 rings (SSSR count). The average Bonchev–Trinajstić information content (AvgIpc) is 2.28. The number of carbonyl (C=O) groups is 2. The minimum absolute atomic E-state index is 0.183. The van der Waals surface area contributed by atoms with Crippen LogP contribution in [0.1, 0.15) is 39.5 Å². The fourth-order valence-electron chi connectivity index (χ4n) is 2.04. The molecule has 0 aromatic rings. The Labute approximate surface area is 102 Å². The van der Waals surface area contributed by atoms with Gasteiger partial charge in [-0.05, 0) is 31.7 Å². The molecule has 0 spiro atoms. The van der Waals surface area contributed by atoms with Crippen molar-refractivity contribution in [3.05, 3.63) is 0 Å². The lowest BCUT2D eigenvalue weighted by Crippen LogP contribution is -2.51. The lowest BCUT2D eigenvalue weighted by atomic mass is 10.0. The van der Waals surface area contributed by atoms with Crippen molar-refractivity contribution in [3.8, 4) is 0 Å². The summed E-state index contributed by atoms with van der Waals surface area (Å²) in [7, 11) is 0. The van der Waals surface area contributed by atoms with Crippen molar-refractivity contribution in [1.29, 1.82) is 0 Å². The lowest BCUT2D eigenvalue weighted by molar-refractivity contribution is -0.142. The van der Waals surface area contributed by atoms with Gasteiger partial charge in [0.2, 0.25) is 5.91 Å². The topological polar surface area (TPSA) is 78.4 Å². The number of aliphatic carboxylic acids is 1. The number of hydrogen-bond donors (Lipinski definition) is 3. The summed E-state index contributed by atoms with van der Waals surface area (Å²) in [6.07, 6.45) is 3.36. The third-order valence-corrected chi connectivity index (χ3v) is 2.95. The van der Waals surface area contributed by atoms with E-state index < -0.39 is 12.0 Å². The number of nitrogens with one attached hydrogen (secondary N) is 2. The van der Waals surface area contributed by atoms with E-state index in [-0.39, 0.29) is 17.9 Å². The maximum atomic E-state index is 11.9. The molecule has 2 atom stereocenters. The number of carbonyl (C=O) groups excluding carboxylic acids is 1. The summed E-state index contributed by atoms with van der Waals surface area (Å²) in [4.78, 5) is 22.9. The summed E-state index contributed by atoms with van der Waals surface area (Å²) in [5.41, 5.74) is 0. The molecule has 17 heavy (non-hydrogen) atoms. The van der Waals surface area contributed by atoms with E-state index in [0.29, 0.717) is 6.42 Å². The molecule has 1 heterocycles. The summed E-state index contributed by atoms with van der Waals surface area (Å²) >= 11 is 0. The predicted molar refractivity (Wildman–Crippen MR) is 64.7 cm³/mol. The molecule has 0 aromatic carbocycles. The molecule has 0 saturated carbocycles. The highest BCUT2D eigenvalue weighted by molar-refractivity contribution is 5.86. The molecule has 0 aliphatic carbocycles. The van der Waals surface area contributed by atoms with Gasteiger partial charge in [0.15, 0.2) is 0 Å². The van der Waals surface area contributed by atoms with Crippen LogP contribution in [0, 0.1) is 5.92 Å². The normalized spacial score (nSPS) is 22.2. The largest absolute Gasteiger partial charge is 0.480 e. The van der Waals surface area contributed by atoms with Gasteiger partial charge in [0.25, 0.3) is 0 Å². The monoisotopic (exact) mass is 242 g/mol. The van der Waals surface area contributed by atoms with E-state index >= 15 is 0 Å². The van der Waals surface area contributed by atoms with E-state index in [0.717, 1.165) is 25.8 Å². The van der Waals surface area contributed by atoms with E-state index in [9.17, 15) is 9.59 Å². The first-order chi connectivity index (χ1) is 8.00. The number of hydrogen-bond acceptors (Lipinski definition) is 3. The Balaban J connectivity index is 2.47. The van der Waals surface area contributed by atoms with E-state index in [1.54, 1.807) is 0 Å². The van der Waals surface area contributed by atoms with E-state index in [4.69, 9.17) is 5.11 Å². The molecule has 0 aromatic heterocycles. The zero-order valence-electron chi connectivity index (χ0n) is 10.5. The summed E-state index contributed by atoms with van der Waals surface area (Å²) in [5, 5.41) is 14.8. The number of carboxylic acids is 1. The van der Waals surface area contributed by atoms with Gasteiger partial charge in [0, 0.05) is 0 Å². The molecule has 1 unspecified atom stereocenters. The molecule has 0 radical (unpaired) electrons. The second-order valence-corrected chi connectivity index (χ2v) is 5.03. The van der Waals surface area contributed by atoms with Gasteiger partial charge >= 0.3 is 5.97 Å². The maximum Gasteiger partial charge on any atom is 0.326 e. The zero-order chi connectivity index (χ0) is 12.8. The van der Waals surface area contributed by atoms with E-state index in [1.165, 1.54) is 0 Å². The Morgan fingerprint density at radius 3 is 2.59 bits per heavy atom. The molecular formula is C12H22N2O3. The molecule has 1 amide bonds. The Hall–Kier alpha value is -1.10. The first-order valence-corrected chi connectivity index (χ1v) is 6.27. The van der Waals surface area contributed by atoms with Gasteiger partial charge in [-0.25, -0.2) is 4.79 Å². The van der Waals surface area contributed by atoms with Crippen molar-refractivity contribution in [1.82, 2.24) is 10.6 Å². The summed E-state index contributed by atoms with van der Waals surface area (Å²) in [6.45, 7) is 4.72. The van der Waals surface area contributed by atoms with Crippen LogP contribution < -0.4 is 10.6 Å². The second-order valence-electron chi connectivity index (χ2n) is 5.03. The Kier molecular flexibility index (Phi) is 5.41. The van der Waals surface area contributed by atoms with Crippen molar-refractivity contribution in [3.63, 3.8) is 0 Å². The van der Waals surface area contributed by atoms with Crippen LogP contribution in [-0.2, 0) is 9.59 Å². The fraction of sp³-hybridized carbons (Fsp3) is 0.833. The average molecular weight is 242 g/mol. The Bertz CT molecular complexity index is 273. The van der Waals surface area contributed by atoms with Gasteiger partial charge in [0.1, 0.15) is 6.04 Å². The molecule has 98 valence electrons. The van der Waals surface area contributed by atoms with Gasteiger partial charge in [0.05, 0.1) is 6.04 Å². The number of carboxylic acid groups (broad SMARTS) is 1. The van der Waals surface area contributed by atoms with Gasteiger partial charge in [-0.15, -0.1) is 0 Å². The predicted octanol–water partition coefficient (Wildman–Crippen LogP) is 0.744. The minimum Gasteiger partial charge on any atom is -0.480 e. The SMILES string of the molecule is CC(C)CC(NC(=O)[C@H]1CCCCN1)C(=O)O. The van der Waals surface area contributed by atoms with Gasteiger partial charge in [-0.2, -0.15) is 0 Å². The van der Waals surface area contributed by atoms with Gasteiger partial charge in [-0.3, -0.25) is 4.79 Å². The molecule has 1 saturated heterocycles. The molecule has 5 heteroatoms.